The van der Waals surface area contributed by atoms with Crippen molar-refractivity contribution in [2.24, 2.45) is 0 Å². The maximum Gasteiger partial charge on any atom is 0.269 e. The molecule has 4 rings (SSSR count). The summed E-state index contributed by atoms with van der Waals surface area (Å²) in [6.07, 6.45) is 0. The summed E-state index contributed by atoms with van der Waals surface area (Å²) in [4.78, 5) is 30.0. The van der Waals surface area contributed by atoms with Gasteiger partial charge in [-0.1, -0.05) is 12.1 Å². The van der Waals surface area contributed by atoms with Crippen LogP contribution in [0.4, 0.5) is 0 Å². The summed E-state index contributed by atoms with van der Waals surface area (Å²) in [5.41, 5.74) is 3.13. The lowest BCUT2D eigenvalue weighted by molar-refractivity contribution is 0.0946. The van der Waals surface area contributed by atoms with Gasteiger partial charge in [-0.05, 0) is 38.1 Å². The zero-order chi connectivity index (χ0) is 22.7. The Bertz CT molecular complexity index is 1320. The third-order valence-electron chi connectivity index (χ3n) is 4.80. The molecule has 0 atom stereocenters. The summed E-state index contributed by atoms with van der Waals surface area (Å²) in [7, 11) is 1.60. The van der Waals surface area contributed by atoms with Crippen molar-refractivity contribution in [1.29, 1.82) is 0 Å². The largest absolute Gasteiger partial charge is 0.497 e. The van der Waals surface area contributed by atoms with E-state index in [4.69, 9.17) is 4.74 Å². The number of benzene rings is 1. The van der Waals surface area contributed by atoms with Crippen molar-refractivity contribution in [3.63, 3.8) is 0 Å². The lowest BCUT2D eigenvalue weighted by atomic mass is 10.1. The van der Waals surface area contributed by atoms with Gasteiger partial charge in [0, 0.05) is 18.2 Å². The zero-order valence-electron chi connectivity index (χ0n) is 17.9. The van der Waals surface area contributed by atoms with Gasteiger partial charge in [0.2, 0.25) is 0 Å². The minimum atomic E-state index is -0.315. The highest BCUT2D eigenvalue weighted by Crippen LogP contribution is 2.27. The second kappa shape index (κ2) is 9.15. The van der Waals surface area contributed by atoms with Crippen LogP contribution in [0, 0.1) is 13.8 Å². The Morgan fingerprint density at radius 3 is 2.78 bits per heavy atom. The van der Waals surface area contributed by atoms with E-state index in [1.165, 1.54) is 22.1 Å². The lowest BCUT2D eigenvalue weighted by Crippen LogP contribution is -2.32. The van der Waals surface area contributed by atoms with Crippen molar-refractivity contribution >= 4 is 17.2 Å². The van der Waals surface area contributed by atoms with E-state index < -0.39 is 0 Å². The summed E-state index contributed by atoms with van der Waals surface area (Å²) >= 11 is 1.53. The van der Waals surface area contributed by atoms with E-state index in [0.29, 0.717) is 22.8 Å². The third kappa shape index (κ3) is 4.59. The fourth-order valence-corrected chi connectivity index (χ4v) is 4.12. The number of nitrogens with one attached hydrogen (secondary N) is 2. The van der Waals surface area contributed by atoms with Crippen molar-refractivity contribution in [3.05, 3.63) is 69.2 Å². The van der Waals surface area contributed by atoms with Crippen LogP contribution in [0.5, 0.6) is 5.75 Å². The van der Waals surface area contributed by atoms with Crippen LogP contribution in [-0.4, -0.2) is 44.5 Å². The number of amides is 1. The van der Waals surface area contributed by atoms with Crippen LogP contribution in [0.1, 0.15) is 21.2 Å². The van der Waals surface area contributed by atoms with Gasteiger partial charge in [0.15, 0.2) is 0 Å². The van der Waals surface area contributed by atoms with Crippen LogP contribution in [0.3, 0.4) is 0 Å². The molecule has 4 aromatic rings. The minimum absolute atomic E-state index is 0.233. The molecule has 0 radical (unpaired) electrons. The number of aromatic amines is 1. The van der Waals surface area contributed by atoms with E-state index in [1.54, 1.807) is 19.2 Å². The van der Waals surface area contributed by atoms with Gasteiger partial charge in [-0.25, -0.2) is 9.67 Å². The molecular weight excluding hydrogens is 428 g/mol. The number of methoxy groups -OCH3 is 1. The number of nitrogens with zero attached hydrogens (tertiary/aromatic N) is 4. The standard InChI is InChI=1S/C22H22N6O3S/c1-13-21(32-14(2)24-13)17-7-8-20(29)28(27-17)10-9-23-22(30)19-12-18(25-26-19)15-5-4-6-16(11-15)31-3/h4-8,11-12H,9-10H2,1-3H3,(H,23,30)(H,25,26). The number of aromatic nitrogens is 5. The molecule has 1 aromatic carbocycles. The molecule has 0 fully saturated rings. The molecule has 10 heteroatoms. The molecule has 0 aliphatic rings. The molecule has 9 nitrogen and oxygen atoms in total. The summed E-state index contributed by atoms with van der Waals surface area (Å²) in [5, 5.41) is 15.1. The van der Waals surface area contributed by atoms with Crippen LogP contribution in [0.15, 0.2) is 47.3 Å². The first-order valence-corrected chi connectivity index (χ1v) is 10.8. The molecule has 164 valence electrons. The van der Waals surface area contributed by atoms with Gasteiger partial charge in [-0.3, -0.25) is 14.7 Å². The molecule has 3 aromatic heterocycles. The normalized spacial score (nSPS) is 10.8. The maximum absolute atomic E-state index is 12.5. The first kappa shape index (κ1) is 21.4. The Hall–Kier alpha value is -3.79. The van der Waals surface area contributed by atoms with Crippen molar-refractivity contribution in [3.8, 4) is 27.6 Å². The fourth-order valence-electron chi connectivity index (χ4n) is 3.24. The Labute approximate surface area is 188 Å². The molecular formula is C22H22N6O3S. The quantitative estimate of drug-likeness (QED) is 0.447. The van der Waals surface area contributed by atoms with E-state index >= 15 is 0 Å². The first-order chi connectivity index (χ1) is 15.4. The maximum atomic E-state index is 12.5. The summed E-state index contributed by atoms with van der Waals surface area (Å²) in [5.74, 6) is 0.394. The third-order valence-corrected chi connectivity index (χ3v) is 5.90. The van der Waals surface area contributed by atoms with Gasteiger partial charge in [-0.2, -0.15) is 10.2 Å². The molecule has 0 saturated heterocycles. The highest BCUT2D eigenvalue weighted by atomic mass is 32.1. The van der Waals surface area contributed by atoms with E-state index in [-0.39, 0.29) is 24.6 Å². The highest BCUT2D eigenvalue weighted by Gasteiger charge is 2.13. The van der Waals surface area contributed by atoms with Gasteiger partial charge in [0.1, 0.15) is 17.1 Å². The number of carbonyl (C=O) groups is 1. The molecule has 0 aliphatic heterocycles. The van der Waals surface area contributed by atoms with Crippen molar-refractivity contribution < 1.29 is 9.53 Å². The molecule has 1 amide bonds. The predicted molar refractivity (Wildman–Crippen MR) is 122 cm³/mol. The van der Waals surface area contributed by atoms with Crippen molar-refractivity contribution in [1.82, 2.24) is 30.3 Å². The number of aryl methyl sites for hydroxylation is 2. The second-order valence-corrected chi connectivity index (χ2v) is 8.29. The zero-order valence-corrected chi connectivity index (χ0v) is 18.7. The van der Waals surface area contributed by atoms with Gasteiger partial charge in [-0.15, -0.1) is 11.3 Å². The Morgan fingerprint density at radius 2 is 2.03 bits per heavy atom. The summed E-state index contributed by atoms with van der Waals surface area (Å²) < 4.78 is 6.57. The molecule has 0 spiro atoms. The van der Waals surface area contributed by atoms with Crippen LogP contribution < -0.4 is 15.6 Å². The average molecular weight is 451 g/mol. The van der Waals surface area contributed by atoms with Crippen molar-refractivity contribution in [2.45, 2.75) is 20.4 Å². The molecule has 0 bridgehead atoms. The SMILES string of the molecule is COc1cccc(-c2cc(C(=O)NCCn3nc(-c4sc(C)nc4C)ccc3=O)[nH]n2)c1. The monoisotopic (exact) mass is 450 g/mol. The molecule has 32 heavy (non-hydrogen) atoms. The summed E-state index contributed by atoms with van der Waals surface area (Å²) in [6, 6.07) is 12.3. The number of hydrogen-bond donors (Lipinski definition) is 2. The number of rotatable bonds is 7. The van der Waals surface area contributed by atoms with Gasteiger partial charge < -0.3 is 10.1 Å². The van der Waals surface area contributed by atoms with Crippen LogP contribution in [-0.2, 0) is 6.54 Å². The van der Waals surface area contributed by atoms with Crippen LogP contribution in [0.25, 0.3) is 21.8 Å². The van der Waals surface area contributed by atoms with Gasteiger partial charge >= 0.3 is 0 Å². The topological polar surface area (TPSA) is 115 Å². The average Bonchev–Trinajstić information content (AvgIpc) is 3.41. The highest BCUT2D eigenvalue weighted by molar-refractivity contribution is 7.15. The number of H-pyrrole nitrogens is 1. The number of ether oxygens (including phenoxy) is 1. The Morgan fingerprint density at radius 1 is 1.19 bits per heavy atom. The number of carbonyl (C=O) groups excluding carboxylic acids is 1. The van der Waals surface area contributed by atoms with E-state index in [9.17, 15) is 9.59 Å². The first-order valence-electron chi connectivity index (χ1n) is 9.95. The lowest BCUT2D eigenvalue weighted by Gasteiger charge is -2.07. The molecule has 0 aliphatic carbocycles. The Kier molecular flexibility index (Phi) is 6.13. The van der Waals surface area contributed by atoms with Gasteiger partial charge in [0.05, 0.1) is 34.9 Å². The fraction of sp³-hybridized carbons (Fsp3) is 0.227. The van der Waals surface area contributed by atoms with Crippen LogP contribution >= 0.6 is 11.3 Å². The number of hydrogen-bond acceptors (Lipinski definition) is 7. The number of thiazole rings is 1. The predicted octanol–water partition coefficient (Wildman–Crippen LogP) is 2.81. The molecule has 2 N–H and O–H groups in total. The minimum Gasteiger partial charge on any atom is -0.497 e. The van der Waals surface area contributed by atoms with E-state index in [1.807, 2.05) is 38.1 Å². The molecule has 0 saturated carbocycles. The molecule has 3 heterocycles. The van der Waals surface area contributed by atoms with E-state index in [0.717, 1.165) is 21.1 Å². The smallest absolute Gasteiger partial charge is 0.269 e. The van der Waals surface area contributed by atoms with Crippen molar-refractivity contribution in [2.75, 3.05) is 13.7 Å². The molecule has 0 unspecified atom stereocenters. The van der Waals surface area contributed by atoms with E-state index in [2.05, 4.69) is 25.6 Å². The summed E-state index contributed by atoms with van der Waals surface area (Å²) in [6.45, 7) is 4.33. The second-order valence-electron chi connectivity index (χ2n) is 7.08. The van der Waals surface area contributed by atoms with Gasteiger partial charge in [0.25, 0.3) is 11.5 Å². The Balaban J connectivity index is 1.41. The van der Waals surface area contributed by atoms with Crippen LogP contribution in [0.2, 0.25) is 0 Å².